The molecule has 1 aromatic heterocycles. The minimum absolute atomic E-state index is 0.0198. The van der Waals surface area contributed by atoms with Gasteiger partial charge in [-0.15, -0.1) is 0 Å². The van der Waals surface area contributed by atoms with Gasteiger partial charge in [-0.25, -0.2) is 4.39 Å². The Balaban J connectivity index is 2.13. The first-order chi connectivity index (χ1) is 13.7. The molecule has 0 bridgehead atoms. The van der Waals surface area contributed by atoms with Crippen molar-refractivity contribution in [3.05, 3.63) is 63.5 Å². The number of phenols is 1. The summed E-state index contributed by atoms with van der Waals surface area (Å²) in [6, 6.07) is 9.27. The number of amides is 1. The van der Waals surface area contributed by atoms with Gasteiger partial charge in [0.1, 0.15) is 0 Å². The van der Waals surface area contributed by atoms with Crippen LogP contribution in [0.2, 0.25) is 0 Å². The van der Waals surface area contributed by atoms with Crippen molar-refractivity contribution in [1.82, 2.24) is 9.88 Å². The summed E-state index contributed by atoms with van der Waals surface area (Å²) in [5.74, 6) is -1.87. The van der Waals surface area contributed by atoms with E-state index in [1.165, 1.54) is 10.6 Å². The van der Waals surface area contributed by atoms with Gasteiger partial charge in [0, 0.05) is 33.2 Å². The minimum atomic E-state index is -0.824. The first kappa shape index (κ1) is 21.0. The average molecular weight is 461 g/mol. The molecule has 3 rings (SSSR count). The van der Waals surface area contributed by atoms with Crippen molar-refractivity contribution in [1.29, 1.82) is 0 Å². The van der Waals surface area contributed by atoms with Gasteiger partial charge >= 0.3 is 0 Å². The zero-order chi connectivity index (χ0) is 21.3. The number of hydrogen-bond acceptors (Lipinski definition) is 3. The van der Waals surface area contributed by atoms with E-state index < -0.39 is 11.6 Å². The maximum Gasteiger partial charge on any atom is 0.262 e. The number of hydrogen-bond donors (Lipinski definition) is 2. The first-order valence-corrected chi connectivity index (χ1v) is 10.1. The van der Waals surface area contributed by atoms with Crippen molar-refractivity contribution in [2.45, 2.75) is 39.7 Å². The Kier molecular flexibility index (Phi) is 6.07. The number of phenolic OH excluding ortho intramolecular Hbond substituents is 1. The van der Waals surface area contributed by atoms with Crippen molar-refractivity contribution in [2.24, 2.45) is 0 Å². The number of benzene rings is 2. The molecule has 7 heteroatoms. The molecule has 0 radical (unpaired) electrons. The summed E-state index contributed by atoms with van der Waals surface area (Å²) in [5, 5.41) is 13.2. The summed E-state index contributed by atoms with van der Waals surface area (Å²) in [5.41, 5.74) is 1.87. The monoisotopic (exact) mass is 460 g/mol. The Morgan fingerprint density at radius 1 is 1.24 bits per heavy atom. The summed E-state index contributed by atoms with van der Waals surface area (Å²) >= 11 is 3.34. The van der Waals surface area contributed by atoms with Gasteiger partial charge in [0.2, 0.25) is 5.91 Å². The summed E-state index contributed by atoms with van der Waals surface area (Å²) < 4.78 is 16.3. The van der Waals surface area contributed by atoms with Gasteiger partial charge < -0.3 is 10.4 Å². The zero-order valence-electron chi connectivity index (χ0n) is 16.4. The maximum absolute atomic E-state index is 14.1. The molecule has 1 amide bonds. The molecule has 2 N–H and O–H groups in total. The average Bonchev–Trinajstić information content (AvgIpc) is 2.93. The fourth-order valence-corrected chi connectivity index (χ4v) is 3.55. The first-order valence-electron chi connectivity index (χ1n) is 9.35. The molecule has 0 aliphatic carbocycles. The molecule has 0 saturated heterocycles. The zero-order valence-corrected chi connectivity index (χ0v) is 18.0. The van der Waals surface area contributed by atoms with Gasteiger partial charge in [-0.3, -0.25) is 14.2 Å². The molecule has 1 atom stereocenters. The fourth-order valence-electron chi connectivity index (χ4n) is 3.28. The third-order valence-electron chi connectivity index (χ3n) is 5.05. The van der Waals surface area contributed by atoms with E-state index in [2.05, 4.69) is 21.2 Å². The van der Waals surface area contributed by atoms with E-state index >= 15 is 0 Å². The lowest BCUT2D eigenvalue weighted by Crippen LogP contribution is -2.33. The summed E-state index contributed by atoms with van der Waals surface area (Å²) in [7, 11) is 0. The fraction of sp³-hybridized carbons (Fsp3) is 0.273. The Morgan fingerprint density at radius 2 is 1.90 bits per heavy atom. The summed E-state index contributed by atoms with van der Waals surface area (Å²) in [6.45, 7) is 5.60. The molecule has 0 aliphatic heterocycles. The number of rotatable bonds is 5. The number of halogens is 2. The van der Waals surface area contributed by atoms with Crippen LogP contribution in [-0.2, 0) is 11.2 Å². The number of carbonyl (C=O) groups is 2. The second-order valence-corrected chi connectivity index (χ2v) is 8.00. The Bertz CT molecular complexity index is 1090. The van der Waals surface area contributed by atoms with E-state index in [0.29, 0.717) is 27.7 Å². The van der Waals surface area contributed by atoms with Gasteiger partial charge in [0.05, 0.1) is 11.9 Å². The quantitative estimate of drug-likeness (QED) is 0.579. The highest BCUT2D eigenvalue weighted by atomic mass is 79.9. The third-order valence-corrected chi connectivity index (χ3v) is 5.58. The van der Waals surface area contributed by atoms with Crippen molar-refractivity contribution in [3.63, 3.8) is 0 Å². The van der Waals surface area contributed by atoms with Crippen LogP contribution in [0.3, 0.4) is 0 Å². The van der Waals surface area contributed by atoms with E-state index in [9.17, 15) is 19.1 Å². The number of nitrogens with one attached hydrogen (secondary N) is 1. The highest BCUT2D eigenvalue weighted by molar-refractivity contribution is 9.10. The van der Waals surface area contributed by atoms with Gasteiger partial charge in [0.15, 0.2) is 11.6 Å². The molecule has 152 valence electrons. The lowest BCUT2D eigenvalue weighted by Gasteiger charge is -2.12. The van der Waals surface area contributed by atoms with Crippen molar-refractivity contribution in [3.8, 4) is 5.75 Å². The predicted octanol–water partition coefficient (Wildman–Crippen LogP) is 4.70. The molecule has 2 aromatic carbocycles. The summed E-state index contributed by atoms with van der Waals surface area (Å²) in [4.78, 5) is 25.6. The smallest absolute Gasteiger partial charge is 0.262 e. The molecule has 0 fully saturated rings. The van der Waals surface area contributed by atoms with E-state index in [4.69, 9.17) is 0 Å². The Labute approximate surface area is 176 Å². The lowest BCUT2D eigenvalue weighted by atomic mass is 10.1. The van der Waals surface area contributed by atoms with Crippen LogP contribution in [-0.4, -0.2) is 27.5 Å². The van der Waals surface area contributed by atoms with Crippen LogP contribution in [0, 0.1) is 12.7 Å². The van der Waals surface area contributed by atoms with Crippen LogP contribution >= 0.6 is 15.9 Å². The molecule has 3 aromatic rings. The second kappa shape index (κ2) is 8.37. The number of nitrogens with zero attached hydrogens (tertiary/aromatic N) is 1. The van der Waals surface area contributed by atoms with Crippen LogP contribution in [0.15, 0.2) is 40.9 Å². The van der Waals surface area contributed by atoms with Crippen LogP contribution in [0.5, 0.6) is 5.75 Å². The topological polar surface area (TPSA) is 71.3 Å². The predicted molar refractivity (Wildman–Crippen MR) is 114 cm³/mol. The van der Waals surface area contributed by atoms with Gasteiger partial charge in [0.25, 0.3) is 5.91 Å². The van der Waals surface area contributed by atoms with Crippen molar-refractivity contribution >= 4 is 38.6 Å². The largest absolute Gasteiger partial charge is 0.505 e. The van der Waals surface area contributed by atoms with Crippen molar-refractivity contribution in [2.75, 3.05) is 0 Å². The summed E-state index contributed by atoms with van der Waals surface area (Å²) in [6.07, 6.45) is 0.818. The molecule has 0 spiro atoms. The van der Waals surface area contributed by atoms with Gasteiger partial charge in [-0.2, -0.15) is 0 Å². The molecular weight excluding hydrogens is 439 g/mol. The Morgan fingerprint density at radius 3 is 2.52 bits per heavy atom. The third kappa shape index (κ3) is 4.19. The molecular formula is C22H22BrFN2O3. The lowest BCUT2D eigenvalue weighted by molar-refractivity contribution is -0.121. The van der Waals surface area contributed by atoms with E-state index in [1.54, 1.807) is 31.2 Å². The standard InChI is InChI=1S/C22H22BrFN2O3/c1-4-12(2)25-21(28)10-16-13(3)26(19-11-18(24)20(27)9-17(16)19)22(29)14-5-7-15(23)8-6-14/h5-9,11-12,27H,4,10H2,1-3H3,(H,25,28). The van der Waals surface area contributed by atoms with Crippen LogP contribution in [0.4, 0.5) is 4.39 Å². The van der Waals surface area contributed by atoms with Crippen LogP contribution in [0.1, 0.15) is 41.9 Å². The van der Waals surface area contributed by atoms with Gasteiger partial charge in [-0.1, -0.05) is 22.9 Å². The number of fused-ring (bicyclic) bond motifs is 1. The molecule has 1 heterocycles. The second-order valence-electron chi connectivity index (χ2n) is 7.09. The number of aromatic nitrogens is 1. The van der Waals surface area contributed by atoms with E-state index in [0.717, 1.165) is 17.0 Å². The molecule has 29 heavy (non-hydrogen) atoms. The highest BCUT2D eigenvalue weighted by Crippen LogP contribution is 2.32. The SMILES string of the molecule is CCC(C)NC(=O)Cc1c(C)n(C(=O)c2ccc(Br)cc2)c2cc(F)c(O)cc12. The van der Waals surface area contributed by atoms with Crippen LogP contribution < -0.4 is 5.32 Å². The van der Waals surface area contributed by atoms with Gasteiger partial charge in [-0.05, 0) is 56.2 Å². The Hall–Kier alpha value is -2.67. The molecule has 0 aliphatic rings. The molecule has 1 unspecified atom stereocenters. The minimum Gasteiger partial charge on any atom is -0.505 e. The highest BCUT2D eigenvalue weighted by Gasteiger charge is 2.23. The number of aromatic hydroxyl groups is 1. The molecule has 5 nitrogen and oxygen atoms in total. The number of carbonyl (C=O) groups excluding carboxylic acids is 2. The van der Waals surface area contributed by atoms with Crippen molar-refractivity contribution < 1.29 is 19.1 Å². The normalized spacial score (nSPS) is 12.2. The van der Waals surface area contributed by atoms with E-state index in [1.807, 2.05) is 13.8 Å². The maximum atomic E-state index is 14.1. The molecule has 0 saturated carbocycles. The van der Waals surface area contributed by atoms with Crippen LogP contribution in [0.25, 0.3) is 10.9 Å². The van der Waals surface area contributed by atoms with E-state index in [-0.39, 0.29) is 24.3 Å².